The van der Waals surface area contributed by atoms with Crippen molar-refractivity contribution in [1.82, 2.24) is 5.32 Å². The Labute approximate surface area is 105 Å². The number of nitriles is 1. The highest BCUT2D eigenvalue weighted by atomic mass is 16.1. The van der Waals surface area contributed by atoms with Crippen LogP contribution in [0.2, 0.25) is 0 Å². The fraction of sp³-hybridized carbons (Fsp3) is 0.857. The van der Waals surface area contributed by atoms with Crippen molar-refractivity contribution < 1.29 is 4.79 Å². The molecule has 17 heavy (non-hydrogen) atoms. The summed E-state index contributed by atoms with van der Waals surface area (Å²) in [7, 11) is 0. The molecule has 0 radical (unpaired) electrons. The molecule has 3 heteroatoms. The van der Waals surface area contributed by atoms with Gasteiger partial charge in [0.25, 0.3) is 0 Å². The largest absolute Gasteiger partial charge is 0.340 e. The van der Waals surface area contributed by atoms with Gasteiger partial charge in [0.2, 0.25) is 5.91 Å². The average molecular weight is 236 g/mol. The zero-order valence-electron chi connectivity index (χ0n) is 10.9. The summed E-state index contributed by atoms with van der Waals surface area (Å²) in [4.78, 5) is 11.6. The fourth-order valence-corrected chi connectivity index (χ4v) is 2.00. The van der Waals surface area contributed by atoms with Crippen LogP contribution in [0.4, 0.5) is 0 Å². The zero-order chi connectivity index (χ0) is 12.5. The van der Waals surface area contributed by atoms with E-state index in [-0.39, 0.29) is 11.9 Å². The van der Waals surface area contributed by atoms with E-state index >= 15 is 0 Å². The lowest BCUT2D eigenvalue weighted by Crippen LogP contribution is -2.35. The zero-order valence-corrected chi connectivity index (χ0v) is 10.9. The maximum atomic E-state index is 11.6. The molecule has 0 aromatic carbocycles. The van der Waals surface area contributed by atoms with Crippen LogP contribution in [0, 0.1) is 17.2 Å². The standard InChI is InChI=1S/C14H24N2O/c1-2-3-4-5-6-7-8-14(17)16-13(11-15)12-9-10-12/h12-13H,2-10H2,1H3,(H,16,17). The smallest absolute Gasteiger partial charge is 0.221 e. The van der Waals surface area contributed by atoms with Gasteiger partial charge in [-0.15, -0.1) is 0 Å². The molecule has 3 nitrogen and oxygen atoms in total. The maximum absolute atomic E-state index is 11.6. The Morgan fingerprint density at radius 3 is 2.53 bits per heavy atom. The van der Waals surface area contributed by atoms with Crippen molar-refractivity contribution in [1.29, 1.82) is 5.26 Å². The summed E-state index contributed by atoms with van der Waals surface area (Å²) in [6.07, 6.45) is 9.91. The molecule has 0 heterocycles. The second-order valence-corrected chi connectivity index (χ2v) is 5.03. The fourth-order valence-electron chi connectivity index (χ4n) is 2.00. The summed E-state index contributed by atoms with van der Waals surface area (Å²) in [6.45, 7) is 2.20. The minimum atomic E-state index is -0.234. The molecular formula is C14H24N2O. The van der Waals surface area contributed by atoms with Crippen molar-refractivity contribution in [2.24, 2.45) is 5.92 Å². The summed E-state index contributed by atoms with van der Waals surface area (Å²) in [5, 5.41) is 11.7. The summed E-state index contributed by atoms with van der Waals surface area (Å²) in [5.41, 5.74) is 0. The van der Waals surface area contributed by atoms with Gasteiger partial charge in [-0.1, -0.05) is 39.0 Å². The van der Waals surface area contributed by atoms with Gasteiger partial charge in [-0.05, 0) is 25.2 Å². The molecule has 0 aromatic heterocycles. The van der Waals surface area contributed by atoms with Gasteiger partial charge < -0.3 is 5.32 Å². The monoisotopic (exact) mass is 236 g/mol. The molecule has 1 aliphatic rings. The van der Waals surface area contributed by atoms with Crippen LogP contribution >= 0.6 is 0 Å². The number of amides is 1. The van der Waals surface area contributed by atoms with Gasteiger partial charge in [-0.3, -0.25) is 4.79 Å². The third-order valence-corrected chi connectivity index (χ3v) is 3.31. The molecule has 1 unspecified atom stereocenters. The van der Waals surface area contributed by atoms with Gasteiger partial charge >= 0.3 is 0 Å². The first-order valence-electron chi connectivity index (χ1n) is 6.97. The highest BCUT2D eigenvalue weighted by molar-refractivity contribution is 5.76. The highest BCUT2D eigenvalue weighted by Gasteiger charge is 2.32. The Morgan fingerprint density at radius 1 is 1.29 bits per heavy atom. The Bertz CT molecular complexity index is 266. The Balaban J connectivity index is 1.99. The molecule has 1 saturated carbocycles. The van der Waals surface area contributed by atoms with E-state index in [1.165, 1.54) is 25.7 Å². The van der Waals surface area contributed by atoms with Crippen LogP contribution in [0.15, 0.2) is 0 Å². The second kappa shape index (κ2) is 8.11. The number of nitrogens with zero attached hydrogens (tertiary/aromatic N) is 1. The van der Waals surface area contributed by atoms with Crippen LogP contribution in [0.5, 0.6) is 0 Å². The van der Waals surface area contributed by atoms with Gasteiger partial charge in [0, 0.05) is 6.42 Å². The van der Waals surface area contributed by atoms with E-state index in [0.29, 0.717) is 12.3 Å². The molecule has 0 aromatic rings. The number of nitrogens with one attached hydrogen (secondary N) is 1. The molecule has 1 N–H and O–H groups in total. The SMILES string of the molecule is CCCCCCCCC(=O)NC(C#N)C1CC1. The van der Waals surface area contributed by atoms with E-state index in [2.05, 4.69) is 18.3 Å². The van der Waals surface area contributed by atoms with Gasteiger partial charge in [-0.2, -0.15) is 5.26 Å². The minimum absolute atomic E-state index is 0.0546. The first-order chi connectivity index (χ1) is 8.27. The molecule has 0 aliphatic heterocycles. The van der Waals surface area contributed by atoms with Gasteiger partial charge in [-0.25, -0.2) is 0 Å². The summed E-state index contributed by atoms with van der Waals surface area (Å²) in [6, 6.07) is 1.95. The highest BCUT2D eigenvalue weighted by Crippen LogP contribution is 2.32. The van der Waals surface area contributed by atoms with E-state index in [0.717, 1.165) is 25.7 Å². The number of rotatable bonds is 9. The van der Waals surface area contributed by atoms with Crippen molar-refractivity contribution in [3.05, 3.63) is 0 Å². The van der Waals surface area contributed by atoms with Crippen molar-refractivity contribution in [2.75, 3.05) is 0 Å². The predicted molar refractivity (Wildman–Crippen MR) is 68.3 cm³/mol. The number of carbonyl (C=O) groups is 1. The van der Waals surface area contributed by atoms with Crippen LogP contribution in [-0.4, -0.2) is 11.9 Å². The first-order valence-corrected chi connectivity index (χ1v) is 6.97. The van der Waals surface area contributed by atoms with E-state index < -0.39 is 0 Å². The summed E-state index contributed by atoms with van der Waals surface area (Å²) < 4.78 is 0. The summed E-state index contributed by atoms with van der Waals surface area (Å²) >= 11 is 0. The van der Waals surface area contributed by atoms with E-state index in [4.69, 9.17) is 5.26 Å². The number of unbranched alkanes of at least 4 members (excludes halogenated alkanes) is 5. The third kappa shape index (κ3) is 6.31. The van der Waals surface area contributed by atoms with Crippen molar-refractivity contribution in [2.45, 2.75) is 70.8 Å². The Kier molecular flexibility index (Phi) is 6.69. The molecular weight excluding hydrogens is 212 g/mol. The quantitative estimate of drug-likeness (QED) is 0.625. The van der Waals surface area contributed by atoms with Crippen LogP contribution < -0.4 is 5.32 Å². The minimum Gasteiger partial charge on any atom is -0.340 e. The van der Waals surface area contributed by atoms with Gasteiger partial charge in [0.15, 0.2) is 0 Å². The van der Waals surface area contributed by atoms with Crippen molar-refractivity contribution >= 4 is 5.91 Å². The lowest BCUT2D eigenvalue weighted by molar-refractivity contribution is -0.121. The van der Waals surface area contributed by atoms with Gasteiger partial charge in [0.1, 0.15) is 6.04 Å². The van der Waals surface area contributed by atoms with Crippen molar-refractivity contribution in [3.8, 4) is 6.07 Å². The van der Waals surface area contributed by atoms with Crippen LogP contribution in [0.3, 0.4) is 0 Å². The predicted octanol–water partition coefficient (Wildman–Crippen LogP) is 3.16. The van der Waals surface area contributed by atoms with Crippen LogP contribution in [0.1, 0.15) is 64.7 Å². The summed E-state index contributed by atoms with van der Waals surface area (Å²) in [5.74, 6) is 0.479. The lowest BCUT2D eigenvalue weighted by Gasteiger charge is -2.09. The molecule has 1 atom stereocenters. The average Bonchev–Trinajstić information content (AvgIpc) is 3.14. The molecule has 1 aliphatic carbocycles. The maximum Gasteiger partial charge on any atom is 0.221 e. The first kappa shape index (κ1) is 14.0. The van der Waals surface area contributed by atoms with Gasteiger partial charge in [0.05, 0.1) is 6.07 Å². The van der Waals surface area contributed by atoms with E-state index in [9.17, 15) is 4.79 Å². The molecule has 1 amide bonds. The number of hydrogen-bond donors (Lipinski definition) is 1. The van der Waals surface area contributed by atoms with E-state index in [1.54, 1.807) is 0 Å². The molecule has 0 spiro atoms. The molecule has 0 saturated heterocycles. The Hall–Kier alpha value is -1.04. The number of carbonyl (C=O) groups excluding carboxylic acids is 1. The Morgan fingerprint density at radius 2 is 1.94 bits per heavy atom. The van der Waals surface area contributed by atoms with Crippen LogP contribution in [0.25, 0.3) is 0 Å². The molecule has 1 fully saturated rings. The van der Waals surface area contributed by atoms with Crippen molar-refractivity contribution in [3.63, 3.8) is 0 Å². The third-order valence-electron chi connectivity index (χ3n) is 3.31. The second-order valence-electron chi connectivity index (χ2n) is 5.03. The number of hydrogen-bond acceptors (Lipinski definition) is 2. The van der Waals surface area contributed by atoms with E-state index in [1.807, 2.05) is 0 Å². The molecule has 1 rings (SSSR count). The lowest BCUT2D eigenvalue weighted by atomic mass is 10.1. The van der Waals surface area contributed by atoms with Crippen LogP contribution in [-0.2, 0) is 4.79 Å². The molecule has 96 valence electrons. The topological polar surface area (TPSA) is 52.9 Å². The molecule has 0 bridgehead atoms. The normalized spacial score (nSPS) is 16.2.